The van der Waals surface area contributed by atoms with Crippen LogP contribution in [0.5, 0.6) is 0 Å². The van der Waals surface area contributed by atoms with Gasteiger partial charge >= 0.3 is 0 Å². The summed E-state index contributed by atoms with van der Waals surface area (Å²) in [4.78, 5) is 0. The molecular formula is C9H11N5O. The minimum Gasteiger partial charge on any atom is -0.409 e. The molecule has 0 unspecified atom stereocenters. The third-order valence-corrected chi connectivity index (χ3v) is 2.19. The van der Waals surface area contributed by atoms with Crippen LogP contribution >= 0.6 is 0 Å². The maximum Gasteiger partial charge on any atom is 0.143 e. The van der Waals surface area contributed by atoms with Crippen LogP contribution in [0.3, 0.4) is 0 Å². The summed E-state index contributed by atoms with van der Waals surface area (Å²) in [5.74, 6) is 0.179. The van der Waals surface area contributed by atoms with E-state index in [0.717, 1.165) is 16.6 Å². The zero-order valence-electron chi connectivity index (χ0n) is 8.25. The summed E-state index contributed by atoms with van der Waals surface area (Å²) in [5, 5.41) is 19.2. The average molecular weight is 205 g/mol. The smallest absolute Gasteiger partial charge is 0.143 e. The number of hydrogen-bond acceptors (Lipinski definition) is 4. The molecule has 0 amide bonds. The Morgan fingerprint density at radius 3 is 3.13 bits per heavy atom. The molecule has 0 aliphatic rings. The van der Waals surface area contributed by atoms with E-state index in [2.05, 4.69) is 15.5 Å². The predicted octanol–water partition coefficient (Wildman–Crippen LogP) is 0.257. The summed E-state index contributed by atoms with van der Waals surface area (Å²) >= 11 is 0. The highest BCUT2D eigenvalue weighted by molar-refractivity contribution is 5.83. The maximum absolute atomic E-state index is 8.44. The second-order valence-corrected chi connectivity index (χ2v) is 3.30. The fraction of sp³-hybridized carbons (Fsp3) is 0.222. The Labute approximate surface area is 86.0 Å². The van der Waals surface area contributed by atoms with Crippen LogP contribution in [0.15, 0.2) is 23.4 Å². The van der Waals surface area contributed by atoms with E-state index in [9.17, 15) is 0 Å². The van der Waals surface area contributed by atoms with E-state index >= 15 is 0 Å². The number of nitrogens with two attached hydrogens (primary N) is 1. The topological polar surface area (TPSA) is 89.3 Å². The van der Waals surface area contributed by atoms with Gasteiger partial charge in [-0.25, -0.2) is 4.68 Å². The van der Waals surface area contributed by atoms with Crippen molar-refractivity contribution in [1.29, 1.82) is 0 Å². The molecule has 1 aromatic heterocycles. The zero-order valence-corrected chi connectivity index (χ0v) is 8.25. The lowest BCUT2D eigenvalue weighted by Gasteiger charge is -1.99. The van der Waals surface area contributed by atoms with E-state index in [-0.39, 0.29) is 5.84 Å². The van der Waals surface area contributed by atoms with Crippen LogP contribution < -0.4 is 5.73 Å². The molecule has 1 heterocycles. The summed E-state index contributed by atoms with van der Waals surface area (Å²) < 4.78 is 1.70. The van der Waals surface area contributed by atoms with Crippen molar-refractivity contribution in [3.63, 3.8) is 0 Å². The first-order valence-electron chi connectivity index (χ1n) is 4.45. The lowest BCUT2D eigenvalue weighted by Crippen LogP contribution is -2.14. The molecule has 0 aliphatic carbocycles. The van der Waals surface area contributed by atoms with E-state index in [0.29, 0.717) is 6.42 Å². The second-order valence-electron chi connectivity index (χ2n) is 3.30. The van der Waals surface area contributed by atoms with Crippen LogP contribution in [0.25, 0.3) is 11.0 Å². The molecule has 0 saturated heterocycles. The van der Waals surface area contributed by atoms with Gasteiger partial charge in [-0.3, -0.25) is 0 Å². The van der Waals surface area contributed by atoms with Crippen LogP contribution in [-0.2, 0) is 13.5 Å². The number of fused-ring (bicyclic) bond motifs is 1. The van der Waals surface area contributed by atoms with Gasteiger partial charge in [0.15, 0.2) is 0 Å². The van der Waals surface area contributed by atoms with Crippen molar-refractivity contribution in [3.05, 3.63) is 23.8 Å². The van der Waals surface area contributed by atoms with Gasteiger partial charge in [0.1, 0.15) is 11.4 Å². The van der Waals surface area contributed by atoms with Crippen LogP contribution in [0, 0.1) is 0 Å². The molecule has 0 radical (unpaired) electrons. The summed E-state index contributed by atoms with van der Waals surface area (Å²) in [6.07, 6.45) is 0.406. The van der Waals surface area contributed by atoms with Gasteiger partial charge in [0.05, 0.1) is 5.52 Å². The Kier molecular flexibility index (Phi) is 2.24. The molecule has 0 bridgehead atoms. The van der Waals surface area contributed by atoms with E-state index in [1.807, 2.05) is 25.2 Å². The van der Waals surface area contributed by atoms with Gasteiger partial charge in [-0.05, 0) is 17.7 Å². The predicted molar refractivity (Wildman–Crippen MR) is 55.6 cm³/mol. The SMILES string of the molecule is Cn1nnc2cc(C/C(N)=N/O)ccc21. The first-order valence-corrected chi connectivity index (χ1v) is 4.45. The van der Waals surface area contributed by atoms with Crippen molar-refractivity contribution in [3.8, 4) is 0 Å². The number of amidine groups is 1. The standard InChI is InChI=1S/C9H11N5O/c1-14-8-3-2-6(5-9(10)12-15)4-7(8)11-13-14/h2-4,15H,5H2,1H3,(H2,10,12). The molecule has 0 fully saturated rings. The maximum atomic E-state index is 8.44. The van der Waals surface area contributed by atoms with Gasteiger partial charge in [-0.15, -0.1) is 5.10 Å². The first-order chi connectivity index (χ1) is 7.20. The Bertz CT molecular complexity index is 516. The quantitative estimate of drug-likeness (QED) is 0.318. The fourth-order valence-electron chi connectivity index (χ4n) is 1.44. The molecule has 0 spiro atoms. The first kappa shape index (κ1) is 9.45. The van der Waals surface area contributed by atoms with Crippen molar-refractivity contribution < 1.29 is 5.21 Å². The summed E-state index contributed by atoms with van der Waals surface area (Å²) in [6.45, 7) is 0. The van der Waals surface area contributed by atoms with Gasteiger partial charge < -0.3 is 10.9 Å². The molecule has 1 aromatic carbocycles. The summed E-state index contributed by atoms with van der Waals surface area (Å²) in [6, 6.07) is 5.69. The summed E-state index contributed by atoms with van der Waals surface area (Å²) in [5.41, 5.74) is 8.12. The molecule has 0 atom stereocenters. The van der Waals surface area contributed by atoms with E-state index in [1.165, 1.54) is 0 Å². The molecule has 2 rings (SSSR count). The molecule has 6 heteroatoms. The molecule has 78 valence electrons. The van der Waals surface area contributed by atoms with Crippen LogP contribution in [-0.4, -0.2) is 26.0 Å². The highest BCUT2D eigenvalue weighted by atomic mass is 16.4. The fourth-order valence-corrected chi connectivity index (χ4v) is 1.44. The highest BCUT2D eigenvalue weighted by Crippen LogP contribution is 2.12. The number of nitrogens with zero attached hydrogens (tertiary/aromatic N) is 4. The van der Waals surface area contributed by atoms with Crippen molar-refractivity contribution in [2.75, 3.05) is 0 Å². The van der Waals surface area contributed by atoms with Crippen molar-refractivity contribution in [2.45, 2.75) is 6.42 Å². The zero-order chi connectivity index (χ0) is 10.8. The lowest BCUT2D eigenvalue weighted by atomic mass is 10.1. The monoisotopic (exact) mass is 205 g/mol. The van der Waals surface area contributed by atoms with E-state index in [1.54, 1.807) is 4.68 Å². The van der Waals surface area contributed by atoms with Crippen molar-refractivity contribution in [2.24, 2.45) is 17.9 Å². The van der Waals surface area contributed by atoms with Gasteiger partial charge in [0, 0.05) is 13.5 Å². The number of rotatable bonds is 2. The van der Waals surface area contributed by atoms with E-state index < -0.39 is 0 Å². The van der Waals surface area contributed by atoms with E-state index in [4.69, 9.17) is 10.9 Å². The average Bonchev–Trinajstić information content (AvgIpc) is 2.60. The van der Waals surface area contributed by atoms with Gasteiger partial charge in [-0.2, -0.15) is 0 Å². The highest BCUT2D eigenvalue weighted by Gasteiger charge is 2.03. The minimum absolute atomic E-state index is 0.179. The van der Waals surface area contributed by atoms with Gasteiger partial charge in [-0.1, -0.05) is 16.4 Å². The molecular weight excluding hydrogens is 194 g/mol. The Morgan fingerprint density at radius 1 is 1.60 bits per heavy atom. The second kappa shape index (κ2) is 3.56. The Morgan fingerprint density at radius 2 is 2.40 bits per heavy atom. The minimum atomic E-state index is 0.179. The molecule has 2 aromatic rings. The Balaban J connectivity index is 2.39. The van der Waals surface area contributed by atoms with Gasteiger partial charge in [0.2, 0.25) is 0 Å². The molecule has 3 N–H and O–H groups in total. The van der Waals surface area contributed by atoms with Crippen LogP contribution in [0.2, 0.25) is 0 Å². The number of hydrogen-bond donors (Lipinski definition) is 2. The molecule has 0 saturated carbocycles. The Hall–Kier alpha value is -2.11. The van der Waals surface area contributed by atoms with Crippen LogP contribution in [0.4, 0.5) is 0 Å². The summed E-state index contributed by atoms with van der Waals surface area (Å²) in [7, 11) is 1.83. The molecule has 6 nitrogen and oxygen atoms in total. The normalized spacial score (nSPS) is 12.2. The number of benzene rings is 1. The number of oxime groups is 1. The number of aryl methyl sites for hydroxylation is 1. The van der Waals surface area contributed by atoms with Crippen molar-refractivity contribution in [1.82, 2.24) is 15.0 Å². The third kappa shape index (κ3) is 1.74. The molecule has 0 aliphatic heterocycles. The lowest BCUT2D eigenvalue weighted by molar-refractivity contribution is 0.317. The molecule has 15 heavy (non-hydrogen) atoms. The van der Waals surface area contributed by atoms with Crippen LogP contribution in [0.1, 0.15) is 5.56 Å². The largest absolute Gasteiger partial charge is 0.409 e. The van der Waals surface area contributed by atoms with Crippen molar-refractivity contribution >= 4 is 16.9 Å². The number of aromatic nitrogens is 3. The third-order valence-electron chi connectivity index (χ3n) is 2.19. The van der Waals surface area contributed by atoms with Gasteiger partial charge in [0.25, 0.3) is 0 Å².